The Labute approximate surface area is 104 Å². The van der Waals surface area contributed by atoms with Crippen LogP contribution in [0.4, 0.5) is 0 Å². The summed E-state index contributed by atoms with van der Waals surface area (Å²) in [7, 11) is 3.63. The molecule has 0 fully saturated rings. The van der Waals surface area contributed by atoms with Crippen LogP contribution in [0.3, 0.4) is 0 Å². The predicted octanol–water partition coefficient (Wildman–Crippen LogP) is 1.97. The van der Waals surface area contributed by atoms with Crippen LogP contribution < -0.4 is 10.1 Å². The van der Waals surface area contributed by atoms with Crippen molar-refractivity contribution in [3.8, 4) is 5.88 Å². The summed E-state index contributed by atoms with van der Waals surface area (Å²) in [6.45, 7) is 6.36. The molecule has 0 aliphatic heterocycles. The fourth-order valence-electron chi connectivity index (χ4n) is 1.93. The number of hydrogen-bond donors (Lipinski definition) is 1. The fraction of sp³-hybridized carbons (Fsp3) is 0.692. The molecule has 0 spiro atoms. The zero-order valence-electron chi connectivity index (χ0n) is 11.4. The standard InChI is InChI=1S/C13H23N3O/c1-9(2)6-11(14-4)7-12-8-13(17-5)16-10(3)15-12/h8-9,11,14H,6-7H2,1-5H3. The van der Waals surface area contributed by atoms with Gasteiger partial charge in [0.2, 0.25) is 5.88 Å². The fourth-order valence-corrected chi connectivity index (χ4v) is 1.93. The Bertz CT molecular complexity index is 353. The molecule has 0 aromatic carbocycles. The van der Waals surface area contributed by atoms with Crippen molar-refractivity contribution in [1.29, 1.82) is 0 Å². The van der Waals surface area contributed by atoms with Crippen LogP contribution in [0, 0.1) is 12.8 Å². The molecule has 1 atom stereocenters. The Balaban J connectivity index is 2.74. The van der Waals surface area contributed by atoms with Crippen LogP contribution in [0.25, 0.3) is 0 Å². The lowest BCUT2D eigenvalue weighted by Crippen LogP contribution is -2.29. The number of nitrogens with zero attached hydrogens (tertiary/aromatic N) is 2. The van der Waals surface area contributed by atoms with E-state index in [4.69, 9.17) is 4.74 Å². The van der Waals surface area contributed by atoms with Crippen molar-refractivity contribution >= 4 is 0 Å². The molecule has 0 saturated carbocycles. The summed E-state index contributed by atoms with van der Waals surface area (Å²) in [6.07, 6.45) is 2.05. The van der Waals surface area contributed by atoms with Crippen LogP contribution in [0.1, 0.15) is 31.8 Å². The molecule has 1 unspecified atom stereocenters. The first kappa shape index (κ1) is 13.9. The summed E-state index contributed by atoms with van der Waals surface area (Å²) >= 11 is 0. The quantitative estimate of drug-likeness (QED) is 0.821. The minimum absolute atomic E-state index is 0.453. The Morgan fingerprint density at radius 2 is 2.06 bits per heavy atom. The van der Waals surface area contributed by atoms with Gasteiger partial charge < -0.3 is 10.1 Å². The first-order valence-electron chi connectivity index (χ1n) is 6.11. The third kappa shape index (κ3) is 4.69. The van der Waals surface area contributed by atoms with Crippen molar-refractivity contribution in [1.82, 2.24) is 15.3 Å². The largest absolute Gasteiger partial charge is 0.481 e. The van der Waals surface area contributed by atoms with Crippen molar-refractivity contribution < 1.29 is 4.74 Å². The van der Waals surface area contributed by atoms with E-state index in [1.165, 1.54) is 0 Å². The highest BCUT2D eigenvalue weighted by atomic mass is 16.5. The van der Waals surface area contributed by atoms with Gasteiger partial charge in [0, 0.05) is 24.2 Å². The van der Waals surface area contributed by atoms with Gasteiger partial charge in [0.25, 0.3) is 0 Å². The number of rotatable bonds is 6. The molecular formula is C13H23N3O. The minimum atomic E-state index is 0.453. The van der Waals surface area contributed by atoms with E-state index in [0.717, 1.165) is 24.4 Å². The molecule has 1 heterocycles. The molecule has 0 aliphatic carbocycles. The zero-order chi connectivity index (χ0) is 12.8. The van der Waals surface area contributed by atoms with Crippen molar-refractivity contribution in [2.24, 2.45) is 5.92 Å². The summed E-state index contributed by atoms with van der Waals surface area (Å²) in [4.78, 5) is 8.64. The molecule has 1 rings (SSSR count). The third-order valence-electron chi connectivity index (χ3n) is 2.70. The lowest BCUT2D eigenvalue weighted by atomic mass is 10.00. The number of aryl methyl sites for hydroxylation is 1. The normalized spacial score (nSPS) is 12.8. The van der Waals surface area contributed by atoms with E-state index in [0.29, 0.717) is 17.8 Å². The second kappa shape index (κ2) is 6.55. The van der Waals surface area contributed by atoms with Crippen LogP contribution >= 0.6 is 0 Å². The average Bonchev–Trinajstić information content (AvgIpc) is 2.26. The first-order valence-corrected chi connectivity index (χ1v) is 6.11. The van der Waals surface area contributed by atoms with Gasteiger partial charge in [-0.15, -0.1) is 0 Å². The third-order valence-corrected chi connectivity index (χ3v) is 2.70. The Morgan fingerprint density at radius 3 is 2.59 bits per heavy atom. The van der Waals surface area contributed by atoms with Crippen molar-refractivity contribution in [3.05, 3.63) is 17.6 Å². The van der Waals surface area contributed by atoms with Gasteiger partial charge in [0.1, 0.15) is 5.82 Å². The predicted molar refractivity (Wildman–Crippen MR) is 69.3 cm³/mol. The Morgan fingerprint density at radius 1 is 1.35 bits per heavy atom. The maximum atomic E-state index is 5.16. The summed E-state index contributed by atoms with van der Waals surface area (Å²) in [5.41, 5.74) is 1.04. The molecule has 4 heteroatoms. The molecule has 1 N–H and O–H groups in total. The van der Waals surface area contributed by atoms with Crippen LogP contribution in [-0.2, 0) is 6.42 Å². The highest BCUT2D eigenvalue weighted by Crippen LogP contribution is 2.13. The van der Waals surface area contributed by atoms with Gasteiger partial charge in [-0.25, -0.2) is 4.98 Å². The maximum absolute atomic E-state index is 5.16. The molecule has 1 aromatic heterocycles. The van der Waals surface area contributed by atoms with Crippen LogP contribution in [0.2, 0.25) is 0 Å². The van der Waals surface area contributed by atoms with Gasteiger partial charge >= 0.3 is 0 Å². The number of methoxy groups -OCH3 is 1. The monoisotopic (exact) mass is 237 g/mol. The molecule has 0 bridgehead atoms. The summed E-state index contributed by atoms with van der Waals surface area (Å²) in [5, 5.41) is 3.34. The summed E-state index contributed by atoms with van der Waals surface area (Å²) in [5.74, 6) is 2.09. The zero-order valence-corrected chi connectivity index (χ0v) is 11.4. The lowest BCUT2D eigenvalue weighted by Gasteiger charge is -2.18. The summed E-state index contributed by atoms with van der Waals surface area (Å²) < 4.78 is 5.16. The van der Waals surface area contributed by atoms with E-state index in [9.17, 15) is 0 Å². The molecule has 17 heavy (non-hydrogen) atoms. The smallest absolute Gasteiger partial charge is 0.216 e. The van der Waals surface area contributed by atoms with Gasteiger partial charge in [-0.05, 0) is 26.3 Å². The summed E-state index contributed by atoms with van der Waals surface area (Å²) in [6, 6.07) is 2.37. The average molecular weight is 237 g/mol. The minimum Gasteiger partial charge on any atom is -0.481 e. The first-order chi connectivity index (χ1) is 8.05. The van der Waals surface area contributed by atoms with Gasteiger partial charge in [-0.2, -0.15) is 4.98 Å². The number of hydrogen-bond acceptors (Lipinski definition) is 4. The van der Waals surface area contributed by atoms with E-state index >= 15 is 0 Å². The van der Waals surface area contributed by atoms with Gasteiger partial charge in [-0.3, -0.25) is 0 Å². The van der Waals surface area contributed by atoms with Gasteiger partial charge in [0.15, 0.2) is 0 Å². The van der Waals surface area contributed by atoms with E-state index in [2.05, 4.69) is 29.1 Å². The highest BCUT2D eigenvalue weighted by Gasteiger charge is 2.11. The molecule has 0 radical (unpaired) electrons. The Kier molecular flexibility index (Phi) is 5.35. The van der Waals surface area contributed by atoms with E-state index in [1.54, 1.807) is 7.11 Å². The van der Waals surface area contributed by atoms with E-state index in [-0.39, 0.29) is 0 Å². The second-order valence-electron chi connectivity index (χ2n) is 4.77. The molecule has 0 amide bonds. The van der Waals surface area contributed by atoms with Crippen molar-refractivity contribution in [2.45, 2.75) is 39.7 Å². The van der Waals surface area contributed by atoms with Crippen LogP contribution in [0.15, 0.2) is 6.07 Å². The second-order valence-corrected chi connectivity index (χ2v) is 4.77. The van der Waals surface area contributed by atoms with Gasteiger partial charge in [-0.1, -0.05) is 13.8 Å². The van der Waals surface area contributed by atoms with E-state index < -0.39 is 0 Å². The molecular weight excluding hydrogens is 214 g/mol. The molecule has 0 saturated heterocycles. The molecule has 4 nitrogen and oxygen atoms in total. The van der Waals surface area contributed by atoms with Crippen LogP contribution in [0.5, 0.6) is 5.88 Å². The number of ether oxygens (including phenoxy) is 1. The molecule has 1 aromatic rings. The van der Waals surface area contributed by atoms with Crippen molar-refractivity contribution in [3.63, 3.8) is 0 Å². The van der Waals surface area contributed by atoms with Crippen LogP contribution in [-0.4, -0.2) is 30.2 Å². The highest BCUT2D eigenvalue weighted by molar-refractivity contribution is 5.16. The van der Waals surface area contributed by atoms with E-state index in [1.807, 2.05) is 20.0 Å². The van der Waals surface area contributed by atoms with Crippen molar-refractivity contribution in [2.75, 3.05) is 14.2 Å². The SMILES string of the molecule is CNC(Cc1cc(OC)nc(C)n1)CC(C)C. The topological polar surface area (TPSA) is 47.0 Å². The molecule has 0 aliphatic rings. The maximum Gasteiger partial charge on any atom is 0.216 e. The Hall–Kier alpha value is -1.16. The number of likely N-dealkylation sites (N-methyl/N-ethyl adjacent to an activating group) is 1. The number of nitrogens with one attached hydrogen (secondary N) is 1. The lowest BCUT2D eigenvalue weighted by molar-refractivity contribution is 0.392. The number of aromatic nitrogens is 2. The van der Waals surface area contributed by atoms with Gasteiger partial charge in [0.05, 0.1) is 7.11 Å². The molecule has 96 valence electrons.